The van der Waals surface area contributed by atoms with Crippen LogP contribution in [0.4, 0.5) is 0 Å². The van der Waals surface area contributed by atoms with Gasteiger partial charge in [-0.2, -0.15) is 0 Å². The molecule has 1 rings (SSSR count). The molecular formula is C7H11NS. The summed E-state index contributed by atoms with van der Waals surface area (Å²) in [5.41, 5.74) is 6.76. The number of thioether (sulfide) groups is 1. The van der Waals surface area contributed by atoms with Crippen LogP contribution >= 0.6 is 11.8 Å². The molecule has 1 aliphatic rings. The van der Waals surface area contributed by atoms with Gasteiger partial charge in [0.15, 0.2) is 0 Å². The van der Waals surface area contributed by atoms with E-state index in [0.717, 1.165) is 18.7 Å². The normalized spacial score (nSPS) is 17.7. The predicted molar refractivity (Wildman–Crippen MR) is 43.4 cm³/mol. The molecule has 0 saturated heterocycles. The molecule has 0 saturated carbocycles. The minimum absolute atomic E-state index is 0.765. The fourth-order valence-electron chi connectivity index (χ4n) is 0.766. The Bertz CT molecular complexity index is 138. The van der Waals surface area contributed by atoms with Crippen molar-refractivity contribution < 1.29 is 0 Å². The second-order valence-electron chi connectivity index (χ2n) is 1.95. The van der Waals surface area contributed by atoms with Crippen LogP contribution in [0.2, 0.25) is 0 Å². The average Bonchev–Trinajstić information content (AvgIpc) is 1.91. The van der Waals surface area contributed by atoms with Crippen molar-refractivity contribution in [2.24, 2.45) is 5.73 Å². The van der Waals surface area contributed by atoms with Gasteiger partial charge in [0.05, 0.1) is 0 Å². The Balaban J connectivity index is 2.38. The third-order valence-corrected chi connectivity index (χ3v) is 1.94. The molecule has 9 heavy (non-hydrogen) atoms. The number of allylic oxidation sites excluding steroid dienone is 1. The van der Waals surface area contributed by atoms with E-state index in [2.05, 4.69) is 17.6 Å². The zero-order valence-electron chi connectivity index (χ0n) is 5.34. The van der Waals surface area contributed by atoms with E-state index in [1.165, 1.54) is 5.57 Å². The largest absolute Gasteiger partial charge is 0.330 e. The zero-order chi connectivity index (χ0) is 6.53. The molecule has 0 aromatic heterocycles. The number of rotatable bonds is 2. The van der Waals surface area contributed by atoms with Crippen molar-refractivity contribution in [1.82, 2.24) is 0 Å². The molecule has 0 aromatic carbocycles. The van der Waals surface area contributed by atoms with Gasteiger partial charge >= 0.3 is 0 Å². The average molecular weight is 141 g/mol. The first kappa shape index (κ1) is 6.90. The fourth-order valence-corrected chi connectivity index (χ4v) is 1.46. The second kappa shape index (κ2) is 3.75. The standard InChI is InChI=1S/C7H11NS/c8-4-1-7-2-5-9-6-3-7/h2-3,5H,1,4,6,8H2. The van der Waals surface area contributed by atoms with Crippen LogP contribution in [0.15, 0.2) is 23.1 Å². The highest BCUT2D eigenvalue weighted by Crippen LogP contribution is 2.15. The maximum Gasteiger partial charge on any atom is 0.0160 e. The summed E-state index contributed by atoms with van der Waals surface area (Å²) in [6.07, 6.45) is 5.40. The van der Waals surface area contributed by atoms with Gasteiger partial charge in [0.2, 0.25) is 0 Å². The molecule has 1 aliphatic heterocycles. The number of hydrogen-bond acceptors (Lipinski definition) is 2. The zero-order valence-corrected chi connectivity index (χ0v) is 6.16. The Labute approximate surface area is 60.0 Å². The summed E-state index contributed by atoms with van der Waals surface area (Å²) in [4.78, 5) is 0. The smallest absolute Gasteiger partial charge is 0.0160 e. The molecule has 0 aliphatic carbocycles. The van der Waals surface area contributed by atoms with Gasteiger partial charge in [-0.05, 0) is 23.9 Å². The molecule has 1 heterocycles. The van der Waals surface area contributed by atoms with Crippen molar-refractivity contribution in [2.45, 2.75) is 6.42 Å². The monoisotopic (exact) mass is 141 g/mol. The van der Waals surface area contributed by atoms with E-state index < -0.39 is 0 Å². The van der Waals surface area contributed by atoms with Gasteiger partial charge in [-0.1, -0.05) is 12.2 Å². The molecule has 0 unspecified atom stereocenters. The van der Waals surface area contributed by atoms with E-state index >= 15 is 0 Å². The van der Waals surface area contributed by atoms with Crippen molar-refractivity contribution >= 4 is 11.8 Å². The molecule has 0 radical (unpaired) electrons. The van der Waals surface area contributed by atoms with Crippen LogP contribution in [-0.2, 0) is 0 Å². The third kappa shape index (κ3) is 2.24. The molecule has 50 valence electrons. The van der Waals surface area contributed by atoms with E-state index in [9.17, 15) is 0 Å². The summed E-state index contributed by atoms with van der Waals surface area (Å²) >= 11 is 1.83. The summed E-state index contributed by atoms with van der Waals surface area (Å²) in [6, 6.07) is 0. The highest BCUT2D eigenvalue weighted by atomic mass is 32.2. The Kier molecular flexibility index (Phi) is 2.87. The molecule has 0 bridgehead atoms. The Hall–Kier alpha value is -0.210. The number of hydrogen-bond donors (Lipinski definition) is 1. The Morgan fingerprint density at radius 2 is 2.56 bits per heavy atom. The van der Waals surface area contributed by atoms with Gasteiger partial charge in [0, 0.05) is 5.75 Å². The highest BCUT2D eigenvalue weighted by molar-refractivity contribution is 8.02. The fraction of sp³-hybridized carbons (Fsp3) is 0.429. The maximum atomic E-state index is 5.38. The summed E-state index contributed by atoms with van der Waals surface area (Å²) in [5.74, 6) is 1.12. The SMILES string of the molecule is NCCC1=CCSC=C1. The van der Waals surface area contributed by atoms with Gasteiger partial charge in [0.1, 0.15) is 0 Å². The van der Waals surface area contributed by atoms with Crippen molar-refractivity contribution in [3.63, 3.8) is 0 Å². The van der Waals surface area contributed by atoms with E-state index in [1.807, 2.05) is 11.8 Å². The van der Waals surface area contributed by atoms with E-state index in [-0.39, 0.29) is 0 Å². The lowest BCUT2D eigenvalue weighted by atomic mass is 10.2. The predicted octanol–water partition coefficient (Wildman–Crippen LogP) is 1.52. The van der Waals surface area contributed by atoms with Crippen LogP contribution in [0.1, 0.15) is 6.42 Å². The summed E-state index contributed by atoms with van der Waals surface area (Å²) < 4.78 is 0. The van der Waals surface area contributed by atoms with Crippen LogP contribution in [-0.4, -0.2) is 12.3 Å². The van der Waals surface area contributed by atoms with Gasteiger partial charge in [0.25, 0.3) is 0 Å². The van der Waals surface area contributed by atoms with Crippen molar-refractivity contribution in [3.8, 4) is 0 Å². The quantitative estimate of drug-likeness (QED) is 0.631. The second-order valence-corrected chi connectivity index (χ2v) is 2.89. The van der Waals surface area contributed by atoms with Crippen molar-refractivity contribution in [3.05, 3.63) is 23.1 Å². The van der Waals surface area contributed by atoms with E-state index in [1.54, 1.807) is 0 Å². The molecule has 0 atom stereocenters. The highest BCUT2D eigenvalue weighted by Gasteiger charge is 1.93. The minimum Gasteiger partial charge on any atom is -0.330 e. The van der Waals surface area contributed by atoms with Gasteiger partial charge in [-0.15, -0.1) is 11.8 Å². The summed E-state index contributed by atoms with van der Waals surface area (Å²) in [6.45, 7) is 0.765. The molecule has 0 amide bonds. The van der Waals surface area contributed by atoms with Crippen LogP contribution < -0.4 is 5.73 Å². The molecule has 2 heteroatoms. The van der Waals surface area contributed by atoms with Crippen LogP contribution in [0.25, 0.3) is 0 Å². The molecular weight excluding hydrogens is 130 g/mol. The van der Waals surface area contributed by atoms with Crippen LogP contribution in [0.5, 0.6) is 0 Å². The van der Waals surface area contributed by atoms with E-state index in [0.29, 0.717) is 0 Å². The lowest BCUT2D eigenvalue weighted by molar-refractivity contribution is 0.971. The third-order valence-electron chi connectivity index (χ3n) is 1.25. The molecule has 0 aromatic rings. The molecule has 0 spiro atoms. The first-order chi connectivity index (χ1) is 4.43. The van der Waals surface area contributed by atoms with Crippen molar-refractivity contribution in [2.75, 3.05) is 12.3 Å². The van der Waals surface area contributed by atoms with Crippen molar-refractivity contribution in [1.29, 1.82) is 0 Å². The van der Waals surface area contributed by atoms with Gasteiger partial charge < -0.3 is 5.73 Å². The van der Waals surface area contributed by atoms with Crippen LogP contribution in [0, 0.1) is 0 Å². The molecule has 1 nitrogen and oxygen atoms in total. The summed E-state index contributed by atoms with van der Waals surface area (Å²) in [5, 5.41) is 2.13. The summed E-state index contributed by atoms with van der Waals surface area (Å²) in [7, 11) is 0. The van der Waals surface area contributed by atoms with Crippen LogP contribution in [0.3, 0.4) is 0 Å². The number of nitrogens with two attached hydrogens (primary N) is 1. The first-order valence-electron chi connectivity index (χ1n) is 3.11. The van der Waals surface area contributed by atoms with E-state index in [4.69, 9.17) is 5.73 Å². The maximum absolute atomic E-state index is 5.38. The van der Waals surface area contributed by atoms with Gasteiger partial charge in [-0.25, -0.2) is 0 Å². The Morgan fingerprint density at radius 1 is 1.67 bits per heavy atom. The first-order valence-corrected chi connectivity index (χ1v) is 4.15. The lowest BCUT2D eigenvalue weighted by Gasteiger charge is -2.02. The minimum atomic E-state index is 0.765. The molecule has 0 fully saturated rings. The lowest BCUT2D eigenvalue weighted by Crippen LogP contribution is -2.00. The topological polar surface area (TPSA) is 26.0 Å². The Morgan fingerprint density at radius 3 is 3.11 bits per heavy atom. The van der Waals surface area contributed by atoms with Gasteiger partial charge in [-0.3, -0.25) is 0 Å². The molecule has 2 N–H and O–H groups in total.